The maximum absolute atomic E-state index is 12.2. The Hall–Kier alpha value is -2.53. The highest BCUT2D eigenvalue weighted by atomic mass is 32.2. The molecule has 0 spiro atoms. The van der Waals surface area contributed by atoms with Crippen molar-refractivity contribution in [3.63, 3.8) is 0 Å². The summed E-state index contributed by atoms with van der Waals surface area (Å²) in [5.41, 5.74) is 4.33. The van der Waals surface area contributed by atoms with Gasteiger partial charge >= 0.3 is 11.9 Å². The summed E-state index contributed by atoms with van der Waals surface area (Å²) in [7, 11) is 0. The third kappa shape index (κ3) is 3.99. The van der Waals surface area contributed by atoms with E-state index in [9.17, 15) is 9.59 Å². The van der Waals surface area contributed by atoms with Crippen molar-refractivity contribution in [2.24, 2.45) is 0 Å². The van der Waals surface area contributed by atoms with Crippen molar-refractivity contribution >= 4 is 23.7 Å². The molecule has 0 radical (unpaired) electrons. The number of carbonyl (C=O) groups is 2. The highest BCUT2D eigenvalue weighted by Gasteiger charge is 2.27. The molecule has 134 valence electrons. The van der Waals surface area contributed by atoms with Gasteiger partial charge in [0.2, 0.25) is 0 Å². The van der Waals surface area contributed by atoms with Gasteiger partial charge in [0.05, 0.1) is 0 Å². The van der Waals surface area contributed by atoms with Gasteiger partial charge in [0.25, 0.3) is 0 Å². The van der Waals surface area contributed by atoms with Crippen LogP contribution >= 0.6 is 11.8 Å². The minimum atomic E-state index is -0.483. The largest absolute Gasteiger partial charge is 0.461 e. The average molecular weight is 368 g/mol. The molecule has 1 atom stereocenters. The highest BCUT2D eigenvalue weighted by molar-refractivity contribution is 7.98. The van der Waals surface area contributed by atoms with Crippen LogP contribution in [0.4, 0.5) is 0 Å². The summed E-state index contributed by atoms with van der Waals surface area (Å²) in [4.78, 5) is 24.3. The highest BCUT2D eigenvalue weighted by Crippen LogP contribution is 2.41. The molecule has 0 bridgehead atoms. The van der Waals surface area contributed by atoms with Crippen LogP contribution in [-0.4, -0.2) is 11.9 Å². The lowest BCUT2D eigenvalue weighted by Crippen LogP contribution is -2.14. The molecule has 0 amide bonds. The molecule has 1 aliphatic rings. The van der Waals surface area contributed by atoms with Gasteiger partial charge in [-0.25, -0.2) is 4.79 Å². The zero-order valence-corrected chi connectivity index (χ0v) is 15.6. The van der Waals surface area contributed by atoms with Crippen LogP contribution in [0.15, 0.2) is 59.5 Å². The van der Waals surface area contributed by atoms with E-state index >= 15 is 0 Å². The molecule has 0 aromatic heterocycles. The summed E-state index contributed by atoms with van der Waals surface area (Å²) in [6, 6.07) is 13.8. The fraction of sp³-hybridized carbons (Fsp3) is 0.238. The first-order chi connectivity index (χ1) is 12.5. The van der Waals surface area contributed by atoms with Crippen molar-refractivity contribution < 1.29 is 19.1 Å². The predicted octanol–water partition coefficient (Wildman–Crippen LogP) is 4.56. The van der Waals surface area contributed by atoms with Crippen molar-refractivity contribution in [1.82, 2.24) is 0 Å². The molecule has 26 heavy (non-hydrogen) atoms. The number of rotatable bonds is 4. The number of fused-ring (bicyclic) bond motifs is 2. The van der Waals surface area contributed by atoms with E-state index < -0.39 is 12.1 Å². The maximum Gasteiger partial charge on any atom is 0.334 e. The van der Waals surface area contributed by atoms with Gasteiger partial charge in [-0.3, -0.25) is 4.79 Å². The molecule has 5 heteroatoms. The number of hydrogen-bond donors (Lipinski definition) is 0. The third-order valence-electron chi connectivity index (χ3n) is 4.10. The van der Waals surface area contributed by atoms with Crippen LogP contribution in [0.25, 0.3) is 0 Å². The summed E-state index contributed by atoms with van der Waals surface area (Å²) in [6.45, 7) is 6.94. The zero-order valence-electron chi connectivity index (χ0n) is 14.8. The molecular weight excluding hydrogens is 348 g/mol. The average Bonchev–Trinajstić information content (AvgIpc) is 2.77. The Morgan fingerprint density at radius 3 is 2.65 bits per heavy atom. The number of esters is 2. The van der Waals surface area contributed by atoms with Gasteiger partial charge in [0.15, 0.2) is 6.10 Å². The second-order valence-corrected chi connectivity index (χ2v) is 7.22. The van der Waals surface area contributed by atoms with E-state index in [4.69, 9.17) is 9.47 Å². The summed E-state index contributed by atoms with van der Waals surface area (Å²) in [5.74, 6) is 0.0568. The molecule has 0 saturated carbocycles. The predicted molar refractivity (Wildman–Crippen MR) is 101 cm³/mol. The number of ether oxygens (including phenoxy) is 2. The second kappa shape index (κ2) is 7.79. The van der Waals surface area contributed by atoms with Crippen molar-refractivity contribution in [3.05, 3.63) is 76.9 Å². The second-order valence-electron chi connectivity index (χ2n) is 6.21. The summed E-state index contributed by atoms with van der Waals surface area (Å²) in [6.07, 6.45) is -0.483. The number of carbonyl (C=O) groups excluding carboxylic acids is 2. The minimum absolute atomic E-state index is 0.229. The molecule has 1 aliphatic heterocycles. The Labute approximate surface area is 157 Å². The maximum atomic E-state index is 12.2. The zero-order chi connectivity index (χ0) is 18.7. The first-order valence-corrected chi connectivity index (χ1v) is 9.27. The van der Waals surface area contributed by atoms with E-state index in [1.54, 1.807) is 18.7 Å². The van der Waals surface area contributed by atoms with Gasteiger partial charge in [-0.05, 0) is 24.1 Å². The van der Waals surface area contributed by atoms with Crippen molar-refractivity contribution in [3.8, 4) is 0 Å². The van der Waals surface area contributed by atoms with Gasteiger partial charge < -0.3 is 9.47 Å². The lowest BCUT2D eigenvalue weighted by Gasteiger charge is -2.21. The summed E-state index contributed by atoms with van der Waals surface area (Å²) in [5, 5.41) is 0. The van der Waals surface area contributed by atoms with Crippen molar-refractivity contribution in [1.29, 1.82) is 0 Å². The SMILES string of the molecule is C=C(C)C(=O)OC1c2ccccc2CSc2cc(COC(C)=O)ccc21. The molecule has 2 aromatic rings. The fourth-order valence-electron chi connectivity index (χ4n) is 2.77. The molecule has 0 aliphatic carbocycles. The van der Waals surface area contributed by atoms with Gasteiger partial charge in [-0.2, -0.15) is 0 Å². The van der Waals surface area contributed by atoms with Crippen LogP contribution < -0.4 is 0 Å². The Kier molecular flexibility index (Phi) is 5.47. The number of benzene rings is 2. The van der Waals surface area contributed by atoms with Crippen LogP contribution in [0.5, 0.6) is 0 Å². The normalized spacial score (nSPS) is 15.2. The van der Waals surface area contributed by atoms with Crippen LogP contribution in [0.1, 0.15) is 42.2 Å². The third-order valence-corrected chi connectivity index (χ3v) is 5.22. The monoisotopic (exact) mass is 368 g/mol. The van der Waals surface area contributed by atoms with E-state index in [1.807, 2.05) is 36.4 Å². The van der Waals surface area contributed by atoms with E-state index in [1.165, 1.54) is 6.92 Å². The van der Waals surface area contributed by atoms with Gasteiger partial charge in [-0.15, -0.1) is 11.8 Å². The van der Waals surface area contributed by atoms with Gasteiger partial charge in [0.1, 0.15) is 6.61 Å². The molecule has 0 saturated heterocycles. The smallest absolute Gasteiger partial charge is 0.334 e. The summed E-state index contributed by atoms with van der Waals surface area (Å²) >= 11 is 1.69. The van der Waals surface area contributed by atoms with E-state index in [0.29, 0.717) is 5.57 Å². The first kappa shape index (κ1) is 18.3. The topological polar surface area (TPSA) is 52.6 Å². The molecule has 1 heterocycles. The minimum Gasteiger partial charge on any atom is -0.461 e. The lowest BCUT2D eigenvalue weighted by atomic mass is 9.96. The van der Waals surface area contributed by atoms with E-state index in [0.717, 1.165) is 32.9 Å². The van der Waals surface area contributed by atoms with E-state index in [2.05, 4.69) is 12.6 Å². The molecule has 0 fully saturated rings. The van der Waals surface area contributed by atoms with Gasteiger partial charge in [-0.1, -0.05) is 43.0 Å². The standard InChI is InChI=1S/C21H20O4S/c1-13(2)21(23)25-20-17-7-5-4-6-16(17)12-26-19-10-15(8-9-18(19)20)11-24-14(3)22/h4-10,20H,1,11-12H2,2-3H3. The molecule has 3 rings (SSSR count). The van der Waals surface area contributed by atoms with Crippen LogP contribution in [0.3, 0.4) is 0 Å². The molecule has 1 unspecified atom stereocenters. The van der Waals surface area contributed by atoms with E-state index in [-0.39, 0.29) is 12.6 Å². The number of thioether (sulfide) groups is 1. The first-order valence-electron chi connectivity index (χ1n) is 8.29. The molecule has 2 aromatic carbocycles. The Bertz CT molecular complexity index is 872. The van der Waals surface area contributed by atoms with Crippen LogP contribution in [0.2, 0.25) is 0 Å². The number of hydrogen-bond acceptors (Lipinski definition) is 5. The fourth-order valence-corrected chi connectivity index (χ4v) is 3.92. The Morgan fingerprint density at radius 1 is 1.15 bits per heavy atom. The van der Waals surface area contributed by atoms with Crippen molar-refractivity contribution in [2.75, 3.05) is 0 Å². The molecule has 0 N–H and O–H groups in total. The summed E-state index contributed by atoms with van der Waals surface area (Å²) < 4.78 is 10.9. The lowest BCUT2D eigenvalue weighted by molar-refractivity contribution is -0.143. The Balaban J connectivity index is 2.00. The van der Waals surface area contributed by atoms with Crippen LogP contribution in [0, 0.1) is 0 Å². The quantitative estimate of drug-likeness (QED) is 0.585. The van der Waals surface area contributed by atoms with Crippen molar-refractivity contribution in [2.45, 2.75) is 37.2 Å². The van der Waals surface area contributed by atoms with Crippen LogP contribution in [-0.2, 0) is 31.4 Å². The molecular formula is C21H20O4S. The van der Waals surface area contributed by atoms with Gasteiger partial charge in [0, 0.05) is 34.3 Å². The Morgan fingerprint density at radius 2 is 1.92 bits per heavy atom. The molecule has 4 nitrogen and oxygen atoms in total.